The molecule has 1 aromatic rings. The summed E-state index contributed by atoms with van der Waals surface area (Å²) in [6, 6.07) is 6.55. The standard InChI is InChI=1S/C14H19ClO3S/c1-4-14(2)12(15)9-13(14)18-10-5-7-11(8-6-10)19(3,16)17/h5-8,12-13H,4,9H2,1-3H3. The van der Waals surface area contributed by atoms with E-state index < -0.39 is 9.84 Å². The Morgan fingerprint density at radius 1 is 1.37 bits per heavy atom. The number of benzene rings is 1. The van der Waals surface area contributed by atoms with Gasteiger partial charge in [0.15, 0.2) is 9.84 Å². The van der Waals surface area contributed by atoms with Crippen molar-refractivity contribution in [2.24, 2.45) is 5.41 Å². The van der Waals surface area contributed by atoms with E-state index >= 15 is 0 Å². The number of sulfone groups is 1. The number of rotatable bonds is 4. The van der Waals surface area contributed by atoms with Crippen molar-refractivity contribution < 1.29 is 13.2 Å². The zero-order valence-electron chi connectivity index (χ0n) is 11.4. The number of alkyl halides is 1. The summed E-state index contributed by atoms with van der Waals surface area (Å²) in [5.41, 5.74) is -0.00292. The highest BCUT2D eigenvalue weighted by molar-refractivity contribution is 7.90. The summed E-state index contributed by atoms with van der Waals surface area (Å²) in [4.78, 5) is 0.307. The SMILES string of the molecule is CCC1(C)C(Cl)CC1Oc1ccc(S(C)(=O)=O)cc1. The van der Waals surface area contributed by atoms with Gasteiger partial charge < -0.3 is 4.74 Å². The summed E-state index contributed by atoms with van der Waals surface area (Å²) in [7, 11) is -3.15. The second-order valence-corrected chi connectivity index (χ2v) is 7.96. The normalized spacial score (nSPS) is 30.7. The highest BCUT2D eigenvalue weighted by Gasteiger charge is 2.51. The lowest BCUT2D eigenvalue weighted by molar-refractivity contribution is -0.0295. The van der Waals surface area contributed by atoms with Crippen molar-refractivity contribution in [3.05, 3.63) is 24.3 Å². The lowest BCUT2D eigenvalue weighted by Gasteiger charge is -2.50. The molecule has 19 heavy (non-hydrogen) atoms. The molecule has 1 aromatic carbocycles. The van der Waals surface area contributed by atoms with E-state index in [1.807, 2.05) is 0 Å². The second kappa shape index (κ2) is 4.98. The van der Waals surface area contributed by atoms with Crippen molar-refractivity contribution in [3.8, 4) is 5.75 Å². The van der Waals surface area contributed by atoms with Crippen LogP contribution in [0, 0.1) is 5.41 Å². The zero-order chi connectivity index (χ0) is 14.3. The van der Waals surface area contributed by atoms with Gasteiger partial charge in [0.05, 0.1) is 4.90 Å². The zero-order valence-corrected chi connectivity index (χ0v) is 13.0. The molecule has 0 radical (unpaired) electrons. The average Bonchev–Trinajstić information content (AvgIpc) is 2.37. The van der Waals surface area contributed by atoms with Crippen LogP contribution < -0.4 is 4.74 Å². The molecule has 3 atom stereocenters. The molecule has 0 heterocycles. The Hall–Kier alpha value is -0.740. The van der Waals surface area contributed by atoms with Crippen LogP contribution in [0.25, 0.3) is 0 Å². The smallest absolute Gasteiger partial charge is 0.175 e. The van der Waals surface area contributed by atoms with Crippen LogP contribution in [0.2, 0.25) is 0 Å². The molecule has 2 rings (SSSR count). The summed E-state index contributed by atoms with van der Waals surface area (Å²) in [5, 5.41) is 0.151. The molecule has 1 aliphatic rings. The minimum Gasteiger partial charge on any atom is -0.490 e. The van der Waals surface area contributed by atoms with Gasteiger partial charge in [0, 0.05) is 23.5 Å². The van der Waals surface area contributed by atoms with Gasteiger partial charge in [-0.3, -0.25) is 0 Å². The van der Waals surface area contributed by atoms with Gasteiger partial charge in [-0.2, -0.15) is 0 Å². The first-order valence-corrected chi connectivity index (χ1v) is 8.71. The molecule has 0 spiro atoms. The fourth-order valence-electron chi connectivity index (χ4n) is 2.33. The topological polar surface area (TPSA) is 43.4 Å². The van der Waals surface area contributed by atoms with Crippen LogP contribution in [0.3, 0.4) is 0 Å². The van der Waals surface area contributed by atoms with Crippen LogP contribution in [0.5, 0.6) is 5.75 Å². The largest absolute Gasteiger partial charge is 0.490 e. The number of ether oxygens (including phenoxy) is 1. The van der Waals surface area contributed by atoms with Gasteiger partial charge in [0.1, 0.15) is 11.9 Å². The van der Waals surface area contributed by atoms with E-state index in [1.165, 1.54) is 6.26 Å². The molecule has 0 amide bonds. The molecule has 1 fully saturated rings. The van der Waals surface area contributed by atoms with Crippen LogP contribution in [-0.4, -0.2) is 26.2 Å². The lowest BCUT2D eigenvalue weighted by Crippen LogP contribution is -2.55. The maximum atomic E-state index is 11.4. The monoisotopic (exact) mass is 302 g/mol. The summed E-state index contributed by atoms with van der Waals surface area (Å²) in [6.45, 7) is 4.24. The molecule has 0 saturated heterocycles. The maximum absolute atomic E-state index is 11.4. The molecule has 1 aliphatic carbocycles. The highest BCUT2D eigenvalue weighted by atomic mass is 35.5. The van der Waals surface area contributed by atoms with Crippen LogP contribution in [0.4, 0.5) is 0 Å². The number of hydrogen-bond donors (Lipinski definition) is 0. The Kier molecular flexibility index (Phi) is 3.85. The van der Waals surface area contributed by atoms with E-state index in [1.54, 1.807) is 24.3 Å². The summed E-state index contributed by atoms with van der Waals surface area (Å²) >= 11 is 6.24. The van der Waals surface area contributed by atoms with Gasteiger partial charge in [-0.05, 0) is 30.7 Å². The molecule has 0 aromatic heterocycles. The summed E-state index contributed by atoms with van der Waals surface area (Å²) < 4.78 is 28.7. The highest BCUT2D eigenvalue weighted by Crippen LogP contribution is 2.49. The van der Waals surface area contributed by atoms with Crippen LogP contribution in [-0.2, 0) is 9.84 Å². The quantitative estimate of drug-likeness (QED) is 0.802. The van der Waals surface area contributed by atoms with E-state index in [9.17, 15) is 8.42 Å². The van der Waals surface area contributed by atoms with E-state index in [4.69, 9.17) is 16.3 Å². The Morgan fingerprint density at radius 3 is 2.37 bits per heavy atom. The van der Waals surface area contributed by atoms with E-state index in [-0.39, 0.29) is 16.9 Å². The Bertz CT molecular complexity index is 553. The van der Waals surface area contributed by atoms with Gasteiger partial charge in [-0.1, -0.05) is 13.8 Å². The van der Waals surface area contributed by atoms with Crippen molar-refractivity contribution in [1.29, 1.82) is 0 Å². The third-order valence-corrected chi connectivity index (χ3v) is 5.97. The first kappa shape index (κ1) is 14.7. The molecule has 0 N–H and O–H groups in total. The Labute approximate surface area is 119 Å². The van der Waals surface area contributed by atoms with Crippen molar-refractivity contribution in [2.75, 3.05) is 6.26 Å². The second-order valence-electron chi connectivity index (χ2n) is 5.41. The van der Waals surface area contributed by atoms with Crippen LogP contribution in [0.15, 0.2) is 29.2 Å². The average molecular weight is 303 g/mol. The van der Waals surface area contributed by atoms with E-state index in [0.717, 1.165) is 12.8 Å². The third-order valence-electron chi connectivity index (χ3n) is 4.16. The molecular weight excluding hydrogens is 284 g/mol. The van der Waals surface area contributed by atoms with Gasteiger partial charge in [0.25, 0.3) is 0 Å². The minimum absolute atomic E-state index is 0.00292. The molecular formula is C14H19ClO3S. The first-order chi connectivity index (χ1) is 8.77. The maximum Gasteiger partial charge on any atom is 0.175 e. The molecule has 3 nitrogen and oxygen atoms in total. The summed E-state index contributed by atoms with van der Waals surface area (Å²) in [6.07, 6.45) is 3.10. The predicted octanol–water partition coefficient (Wildman–Crippen LogP) is 3.26. The third kappa shape index (κ3) is 2.75. The van der Waals surface area contributed by atoms with Crippen molar-refractivity contribution >= 4 is 21.4 Å². The fraction of sp³-hybridized carbons (Fsp3) is 0.571. The van der Waals surface area contributed by atoms with Gasteiger partial charge in [0.2, 0.25) is 0 Å². The predicted molar refractivity (Wildman–Crippen MR) is 76.6 cm³/mol. The molecule has 106 valence electrons. The lowest BCUT2D eigenvalue weighted by atomic mass is 9.65. The van der Waals surface area contributed by atoms with Crippen molar-refractivity contribution in [1.82, 2.24) is 0 Å². The minimum atomic E-state index is -3.15. The van der Waals surface area contributed by atoms with E-state index in [2.05, 4.69) is 13.8 Å². The van der Waals surface area contributed by atoms with E-state index in [0.29, 0.717) is 10.6 Å². The van der Waals surface area contributed by atoms with Gasteiger partial charge >= 0.3 is 0 Å². The Morgan fingerprint density at radius 2 is 1.95 bits per heavy atom. The molecule has 0 aliphatic heterocycles. The van der Waals surface area contributed by atoms with Crippen LogP contribution in [0.1, 0.15) is 26.7 Å². The summed E-state index contributed by atoms with van der Waals surface area (Å²) in [5.74, 6) is 0.695. The van der Waals surface area contributed by atoms with Crippen molar-refractivity contribution in [2.45, 2.75) is 43.1 Å². The molecule has 0 bridgehead atoms. The van der Waals surface area contributed by atoms with Gasteiger partial charge in [-0.15, -0.1) is 11.6 Å². The number of hydrogen-bond acceptors (Lipinski definition) is 3. The first-order valence-electron chi connectivity index (χ1n) is 6.38. The Balaban J connectivity index is 2.09. The fourth-order valence-corrected chi connectivity index (χ4v) is 3.42. The number of halogens is 1. The molecule has 5 heteroatoms. The van der Waals surface area contributed by atoms with Crippen LogP contribution >= 0.6 is 11.6 Å². The van der Waals surface area contributed by atoms with Crippen molar-refractivity contribution in [3.63, 3.8) is 0 Å². The molecule has 1 saturated carbocycles. The molecule has 3 unspecified atom stereocenters. The van der Waals surface area contributed by atoms with Gasteiger partial charge in [-0.25, -0.2) is 8.42 Å².